The molecule has 0 amide bonds. The number of hydrogen-bond acceptors (Lipinski definition) is 1. The Morgan fingerprint density at radius 2 is 0.765 bits per heavy atom. The van der Waals surface area contributed by atoms with Crippen molar-refractivity contribution in [3.8, 4) is 11.4 Å². The van der Waals surface area contributed by atoms with Crippen molar-refractivity contribution in [2.75, 3.05) is 0 Å². The molecule has 0 N–H and O–H groups in total. The molecule has 34 heavy (non-hydrogen) atoms. The zero-order valence-electron chi connectivity index (χ0n) is 20.1. The smallest absolute Gasteiger partial charge is 0.171 e. The third kappa shape index (κ3) is 3.67. The average Bonchev–Trinajstić information content (AvgIpc) is 3.39. The topological polar surface area (TPSA) is 26.9 Å². The lowest BCUT2D eigenvalue weighted by Gasteiger charge is -2.21. The molecule has 0 saturated carbocycles. The van der Waals surface area contributed by atoms with Crippen LogP contribution in [0.3, 0.4) is 0 Å². The van der Waals surface area contributed by atoms with Gasteiger partial charge in [0.15, 0.2) is 7.14 Å². The van der Waals surface area contributed by atoms with Gasteiger partial charge in [-0.1, -0.05) is 30.3 Å². The number of nitrogens with zero attached hydrogens (tertiary/aromatic N) is 2. The van der Waals surface area contributed by atoms with Crippen molar-refractivity contribution >= 4 is 23.1 Å². The second-order valence-corrected chi connectivity index (χ2v) is 11.6. The van der Waals surface area contributed by atoms with Gasteiger partial charge in [-0.2, -0.15) is 0 Å². The van der Waals surface area contributed by atoms with Gasteiger partial charge in [-0.05, 0) is 100 Å². The van der Waals surface area contributed by atoms with Crippen LogP contribution in [0.2, 0.25) is 0 Å². The van der Waals surface area contributed by atoms with Crippen molar-refractivity contribution in [1.29, 1.82) is 0 Å². The number of rotatable bonds is 5. The zero-order valence-corrected chi connectivity index (χ0v) is 21.0. The Balaban J connectivity index is 1.61. The largest absolute Gasteiger partial charge is 0.319 e. The molecule has 0 radical (unpaired) electrons. The molecule has 0 unspecified atom stereocenters. The number of benzene rings is 3. The van der Waals surface area contributed by atoms with E-state index in [1.807, 2.05) is 54.6 Å². The van der Waals surface area contributed by atoms with Crippen LogP contribution in [0.4, 0.5) is 0 Å². The summed E-state index contributed by atoms with van der Waals surface area (Å²) >= 11 is 0. The van der Waals surface area contributed by atoms with E-state index in [1.165, 1.54) is 22.8 Å². The Bertz CT molecular complexity index is 1360. The predicted molar refractivity (Wildman–Crippen MR) is 143 cm³/mol. The highest BCUT2D eigenvalue weighted by Crippen LogP contribution is 2.42. The minimum Gasteiger partial charge on any atom is -0.319 e. The second-order valence-electron chi connectivity index (χ2n) is 8.88. The summed E-state index contributed by atoms with van der Waals surface area (Å²) in [5.74, 6) is 0. The summed E-state index contributed by atoms with van der Waals surface area (Å²) in [7, 11) is -3.04. The predicted octanol–water partition coefficient (Wildman–Crippen LogP) is 6.14. The van der Waals surface area contributed by atoms with Gasteiger partial charge in [-0.15, -0.1) is 0 Å². The molecule has 0 fully saturated rings. The van der Waals surface area contributed by atoms with Crippen LogP contribution in [0.15, 0.2) is 103 Å². The Labute approximate surface area is 201 Å². The van der Waals surface area contributed by atoms with Crippen LogP contribution in [0, 0.1) is 27.7 Å². The molecule has 0 aliphatic heterocycles. The molecule has 0 aliphatic rings. The van der Waals surface area contributed by atoms with E-state index in [0.717, 1.165) is 27.3 Å². The lowest BCUT2D eigenvalue weighted by molar-refractivity contribution is 0.592. The molecule has 0 aliphatic carbocycles. The fourth-order valence-electron chi connectivity index (χ4n) is 4.86. The molecular formula is C30H29N2OP. The van der Waals surface area contributed by atoms with Crippen molar-refractivity contribution in [2.45, 2.75) is 27.7 Å². The first-order valence-corrected chi connectivity index (χ1v) is 13.3. The zero-order chi connectivity index (χ0) is 23.9. The molecule has 4 heteroatoms. The molecular weight excluding hydrogens is 435 g/mol. The maximum Gasteiger partial charge on any atom is 0.171 e. The molecule has 0 atom stereocenters. The maximum atomic E-state index is 14.9. The lowest BCUT2D eigenvalue weighted by atomic mass is 10.3. The standard InChI is InChI=1S/C30H29N2OP/c1-22-10-11-23(2)31(22)26-14-18-29(19-15-26)34(33,28-8-6-5-7-9-28)30-20-16-27(17-21-30)32-24(3)12-13-25(32)4/h5-21H,1-4H3. The van der Waals surface area contributed by atoms with Crippen molar-refractivity contribution in [3.05, 3.63) is 126 Å². The van der Waals surface area contributed by atoms with Gasteiger partial charge in [0.1, 0.15) is 0 Å². The van der Waals surface area contributed by atoms with Crippen molar-refractivity contribution in [2.24, 2.45) is 0 Å². The molecule has 2 aromatic heterocycles. The minimum atomic E-state index is -3.04. The van der Waals surface area contributed by atoms with Gasteiger partial charge in [0.25, 0.3) is 0 Å². The third-order valence-electron chi connectivity index (χ3n) is 6.61. The first-order chi connectivity index (χ1) is 16.4. The van der Waals surface area contributed by atoms with Crippen molar-refractivity contribution < 1.29 is 4.57 Å². The Morgan fingerprint density at radius 1 is 0.441 bits per heavy atom. The van der Waals surface area contributed by atoms with Crippen LogP contribution in [0.5, 0.6) is 0 Å². The molecule has 170 valence electrons. The fraction of sp³-hybridized carbons (Fsp3) is 0.133. The summed E-state index contributed by atoms with van der Waals surface area (Å²) in [6, 6.07) is 34.7. The van der Waals surface area contributed by atoms with Crippen LogP contribution < -0.4 is 15.9 Å². The maximum absolute atomic E-state index is 14.9. The summed E-state index contributed by atoms with van der Waals surface area (Å²) in [4.78, 5) is 0. The van der Waals surface area contributed by atoms with E-state index in [9.17, 15) is 4.57 Å². The van der Waals surface area contributed by atoms with Gasteiger partial charge in [0, 0.05) is 50.1 Å². The van der Waals surface area contributed by atoms with Gasteiger partial charge in [0.2, 0.25) is 0 Å². The Hall–Kier alpha value is -3.55. The Morgan fingerprint density at radius 3 is 1.12 bits per heavy atom. The van der Waals surface area contributed by atoms with E-state index in [2.05, 4.69) is 85.4 Å². The van der Waals surface area contributed by atoms with E-state index in [4.69, 9.17) is 0 Å². The highest BCUT2D eigenvalue weighted by Gasteiger charge is 2.29. The lowest BCUT2D eigenvalue weighted by Crippen LogP contribution is -2.25. The minimum absolute atomic E-state index is 0.839. The highest BCUT2D eigenvalue weighted by molar-refractivity contribution is 7.85. The molecule has 5 aromatic rings. The van der Waals surface area contributed by atoms with Gasteiger partial charge < -0.3 is 13.7 Å². The number of aryl methyl sites for hydroxylation is 4. The SMILES string of the molecule is Cc1ccc(C)n1-c1ccc(P(=O)(c2ccccc2)c2ccc(-n3c(C)ccc3C)cc2)cc1. The normalized spacial score (nSPS) is 11.6. The van der Waals surface area contributed by atoms with E-state index in [0.29, 0.717) is 0 Å². The number of aromatic nitrogens is 2. The van der Waals surface area contributed by atoms with E-state index < -0.39 is 7.14 Å². The summed E-state index contributed by atoms with van der Waals surface area (Å²) in [5.41, 5.74) is 6.89. The summed E-state index contributed by atoms with van der Waals surface area (Å²) in [5, 5.41) is 2.52. The van der Waals surface area contributed by atoms with Crippen LogP contribution in [-0.4, -0.2) is 9.13 Å². The highest BCUT2D eigenvalue weighted by atomic mass is 31.2. The van der Waals surface area contributed by atoms with E-state index >= 15 is 0 Å². The van der Waals surface area contributed by atoms with E-state index in [-0.39, 0.29) is 0 Å². The van der Waals surface area contributed by atoms with Gasteiger partial charge in [0.05, 0.1) is 0 Å². The van der Waals surface area contributed by atoms with Crippen molar-refractivity contribution in [3.63, 3.8) is 0 Å². The fourth-order valence-corrected chi connectivity index (χ4v) is 7.48. The molecule has 0 spiro atoms. The molecule has 5 rings (SSSR count). The second kappa shape index (κ2) is 8.66. The third-order valence-corrected chi connectivity index (χ3v) is 9.68. The van der Waals surface area contributed by atoms with Crippen LogP contribution in [0.1, 0.15) is 22.8 Å². The summed E-state index contributed by atoms with van der Waals surface area (Å²) in [6.07, 6.45) is 0. The van der Waals surface area contributed by atoms with Gasteiger partial charge >= 0.3 is 0 Å². The molecule has 0 saturated heterocycles. The first kappa shape index (κ1) is 22.3. The quantitative estimate of drug-likeness (QED) is 0.287. The van der Waals surface area contributed by atoms with Crippen LogP contribution >= 0.6 is 7.14 Å². The average molecular weight is 465 g/mol. The van der Waals surface area contributed by atoms with Gasteiger partial charge in [-0.3, -0.25) is 0 Å². The number of hydrogen-bond donors (Lipinski definition) is 0. The Kier molecular flexibility index (Phi) is 5.67. The summed E-state index contributed by atoms with van der Waals surface area (Å²) < 4.78 is 19.3. The van der Waals surface area contributed by atoms with Crippen molar-refractivity contribution in [1.82, 2.24) is 9.13 Å². The summed E-state index contributed by atoms with van der Waals surface area (Å²) in [6.45, 7) is 8.41. The molecule has 0 bridgehead atoms. The molecule has 3 aromatic carbocycles. The van der Waals surface area contributed by atoms with Crippen LogP contribution in [-0.2, 0) is 4.57 Å². The van der Waals surface area contributed by atoms with E-state index in [1.54, 1.807) is 0 Å². The first-order valence-electron chi connectivity index (χ1n) is 11.6. The van der Waals surface area contributed by atoms with Gasteiger partial charge in [-0.25, -0.2) is 0 Å². The molecule has 3 nitrogen and oxygen atoms in total. The van der Waals surface area contributed by atoms with Crippen LogP contribution in [0.25, 0.3) is 11.4 Å². The molecule has 2 heterocycles. The monoisotopic (exact) mass is 464 g/mol.